The van der Waals surface area contributed by atoms with E-state index in [9.17, 15) is 19.7 Å². The molecule has 130 valence electrons. The van der Waals surface area contributed by atoms with Crippen LogP contribution < -0.4 is 11.1 Å². The SMILES string of the molecule is C[C@H]1CCCC[C@@H]1NC(=O)COC(=O)c1ccc(N)c([N+](=O)[O-])c1. The molecule has 24 heavy (non-hydrogen) atoms. The van der Waals surface area contributed by atoms with Crippen LogP contribution in [0, 0.1) is 16.0 Å². The van der Waals surface area contributed by atoms with E-state index in [-0.39, 0.29) is 28.9 Å². The van der Waals surface area contributed by atoms with E-state index in [1.807, 2.05) is 0 Å². The largest absolute Gasteiger partial charge is 0.452 e. The first-order valence-corrected chi connectivity index (χ1v) is 7.89. The number of nitrogens with two attached hydrogens (primary N) is 1. The van der Waals surface area contributed by atoms with Crippen molar-refractivity contribution in [3.63, 3.8) is 0 Å². The molecule has 1 aromatic carbocycles. The number of rotatable bonds is 5. The van der Waals surface area contributed by atoms with Crippen molar-refractivity contribution in [3.8, 4) is 0 Å². The van der Waals surface area contributed by atoms with Crippen LogP contribution >= 0.6 is 0 Å². The van der Waals surface area contributed by atoms with Crippen molar-refractivity contribution in [3.05, 3.63) is 33.9 Å². The van der Waals surface area contributed by atoms with E-state index >= 15 is 0 Å². The molecule has 1 amide bonds. The van der Waals surface area contributed by atoms with Crippen molar-refractivity contribution >= 4 is 23.3 Å². The number of anilines is 1. The Morgan fingerprint density at radius 2 is 2.08 bits per heavy atom. The minimum absolute atomic E-state index is 0.0188. The molecule has 3 N–H and O–H groups in total. The number of benzene rings is 1. The fourth-order valence-electron chi connectivity index (χ4n) is 2.82. The van der Waals surface area contributed by atoms with Gasteiger partial charge in [-0.1, -0.05) is 19.8 Å². The Morgan fingerprint density at radius 3 is 2.75 bits per heavy atom. The van der Waals surface area contributed by atoms with Gasteiger partial charge in [-0.2, -0.15) is 0 Å². The van der Waals surface area contributed by atoms with Gasteiger partial charge in [0, 0.05) is 12.1 Å². The predicted octanol–water partition coefficient (Wildman–Crippen LogP) is 2.03. The van der Waals surface area contributed by atoms with Gasteiger partial charge >= 0.3 is 5.97 Å². The lowest BCUT2D eigenvalue weighted by molar-refractivity contribution is -0.383. The summed E-state index contributed by atoms with van der Waals surface area (Å²) in [5.41, 5.74) is 5.04. The fourth-order valence-corrected chi connectivity index (χ4v) is 2.82. The normalized spacial score (nSPS) is 20.2. The minimum Gasteiger partial charge on any atom is -0.452 e. The van der Waals surface area contributed by atoms with Crippen LogP contribution in [0.4, 0.5) is 11.4 Å². The molecule has 8 nitrogen and oxygen atoms in total. The zero-order valence-corrected chi connectivity index (χ0v) is 13.5. The van der Waals surface area contributed by atoms with Crippen molar-refractivity contribution in [1.82, 2.24) is 5.32 Å². The maximum Gasteiger partial charge on any atom is 0.338 e. The Morgan fingerprint density at radius 1 is 1.38 bits per heavy atom. The topological polar surface area (TPSA) is 125 Å². The summed E-state index contributed by atoms with van der Waals surface area (Å²) in [4.78, 5) is 34.0. The van der Waals surface area contributed by atoms with E-state index in [0.29, 0.717) is 5.92 Å². The zero-order valence-electron chi connectivity index (χ0n) is 13.5. The molecule has 0 aliphatic heterocycles. The number of nitro benzene ring substituents is 1. The number of nitrogen functional groups attached to an aromatic ring is 1. The van der Waals surface area contributed by atoms with Crippen LogP contribution in [-0.4, -0.2) is 29.4 Å². The average molecular weight is 335 g/mol. The van der Waals surface area contributed by atoms with Crippen LogP contribution in [0.2, 0.25) is 0 Å². The molecule has 1 aliphatic rings. The molecule has 0 unspecified atom stereocenters. The molecule has 8 heteroatoms. The Kier molecular flexibility index (Phi) is 5.73. The standard InChI is InChI=1S/C16H21N3O5/c1-10-4-2-3-5-13(10)18-15(20)9-24-16(21)11-6-7-12(17)14(8-11)19(22)23/h6-8,10,13H,2-5,9,17H2,1H3,(H,18,20)/t10-,13-/m0/s1. The maximum absolute atomic E-state index is 11.9. The van der Waals surface area contributed by atoms with Crippen molar-refractivity contribution in [2.75, 3.05) is 12.3 Å². The Labute approximate surface area is 139 Å². The highest BCUT2D eigenvalue weighted by molar-refractivity contribution is 5.92. The molecule has 1 fully saturated rings. The number of hydrogen-bond donors (Lipinski definition) is 2. The monoisotopic (exact) mass is 335 g/mol. The van der Waals surface area contributed by atoms with Crippen molar-refractivity contribution in [2.45, 2.75) is 38.6 Å². The molecule has 0 aromatic heterocycles. The molecule has 2 atom stereocenters. The number of carbonyl (C=O) groups excluding carboxylic acids is 2. The van der Waals surface area contributed by atoms with Gasteiger partial charge in [0.2, 0.25) is 0 Å². The van der Waals surface area contributed by atoms with E-state index in [1.54, 1.807) is 0 Å². The number of nitrogens with zero attached hydrogens (tertiary/aromatic N) is 1. The van der Waals surface area contributed by atoms with Crippen molar-refractivity contribution < 1.29 is 19.2 Å². The second kappa shape index (κ2) is 7.76. The summed E-state index contributed by atoms with van der Waals surface area (Å²) in [5, 5.41) is 13.7. The van der Waals surface area contributed by atoms with Crippen LogP contribution in [0.1, 0.15) is 43.0 Å². The highest BCUT2D eigenvalue weighted by Crippen LogP contribution is 2.24. The first-order chi connectivity index (χ1) is 11.4. The van der Waals surface area contributed by atoms with Crippen LogP contribution in [0.5, 0.6) is 0 Å². The molecule has 1 aromatic rings. The number of amides is 1. The van der Waals surface area contributed by atoms with Crippen LogP contribution in [0.25, 0.3) is 0 Å². The summed E-state index contributed by atoms with van der Waals surface area (Å²) in [7, 11) is 0. The third-order valence-corrected chi connectivity index (χ3v) is 4.26. The first-order valence-electron chi connectivity index (χ1n) is 7.89. The van der Waals surface area contributed by atoms with Crippen molar-refractivity contribution in [2.24, 2.45) is 5.92 Å². The lowest BCUT2D eigenvalue weighted by Gasteiger charge is -2.29. The van der Waals surface area contributed by atoms with Gasteiger partial charge in [0.1, 0.15) is 5.69 Å². The van der Waals surface area contributed by atoms with Crippen molar-refractivity contribution in [1.29, 1.82) is 0 Å². The molecule has 0 spiro atoms. The van der Waals surface area contributed by atoms with Gasteiger partial charge in [0.25, 0.3) is 11.6 Å². The second-order valence-electron chi connectivity index (χ2n) is 6.04. The Bertz CT molecular complexity index is 647. The number of ether oxygens (including phenoxy) is 1. The summed E-state index contributed by atoms with van der Waals surface area (Å²) in [5.74, 6) is -0.768. The van der Waals surface area contributed by atoms with E-state index in [2.05, 4.69) is 12.2 Å². The summed E-state index contributed by atoms with van der Waals surface area (Å²) in [6, 6.07) is 3.73. The summed E-state index contributed by atoms with van der Waals surface area (Å²) in [6.45, 7) is 1.67. The van der Waals surface area contributed by atoms with Gasteiger partial charge in [-0.3, -0.25) is 14.9 Å². The molecule has 0 bridgehead atoms. The zero-order chi connectivity index (χ0) is 17.7. The summed E-state index contributed by atoms with van der Waals surface area (Å²) >= 11 is 0. The van der Waals surface area contributed by atoms with Gasteiger partial charge in [0.15, 0.2) is 6.61 Å². The van der Waals surface area contributed by atoms with Gasteiger partial charge in [0.05, 0.1) is 10.5 Å². The van der Waals surface area contributed by atoms with Crippen LogP contribution in [0.15, 0.2) is 18.2 Å². The van der Waals surface area contributed by atoms with E-state index in [0.717, 1.165) is 25.3 Å². The van der Waals surface area contributed by atoms with Gasteiger partial charge < -0.3 is 15.8 Å². The van der Waals surface area contributed by atoms with E-state index < -0.39 is 17.5 Å². The number of hydrogen-bond acceptors (Lipinski definition) is 6. The average Bonchev–Trinajstić information content (AvgIpc) is 2.55. The van der Waals surface area contributed by atoms with Crippen LogP contribution in [0.3, 0.4) is 0 Å². The fraction of sp³-hybridized carbons (Fsp3) is 0.500. The molecule has 2 rings (SSSR count). The van der Waals surface area contributed by atoms with Gasteiger partial charge in [-0.15, -0.1) is 0 Å². The molecular formula is C16H21N3O5. The number of esters is 1. The van der Waals surface area contributed by atoms with Gasteiger partial charge in [-0.05, 0) is 30.9 Å². The smallest absolute Gasteiger partial charge is 0.338 e. The highest BCUT2D eigenvalue weighted by atomic mass is 16.6. The summed E-state index contributed by atoms with van der Waals surface area (Å²) < 4.78 is 4.93. The third kappa shape index (κ3) is 4.43. The number of carbonyl (C=O) groups is 2. The number of nitro groups is 1. The molecule has 0 radical (unpaired) electrons. The third-order valence-electron chi connectivity index (χ3n) is 4.26. The molecule has 1 aliphatic carbocycles. The van der Waals surface area contributed by atoms with E-state index in [1.165, 1.54) is 18.6 Å². The minimum atomic E-state index is -0.801. The first kappa shape index (κ1) is 17.7. The molecule has 0 saturated heterocycles. The van der Waals surface area contributed by atoms with Gasteiger partial charge in [-0.25, -0.2) is 4.79 Å². The van der Waals surface area contributed by atoms with E-state index in [4.69, 9.17) is 10.5 Å². The quantitative estimate of drug-likeness (QED) is 0.367. The lowest BCUT2D eigenvalue weighted by Crippen LogP contribution is -2.42. The Hall–Kier alpha value is -2.64. The number of nitrogens with one attached hydrogen (secondary N) is 1. The predicted molar refractivity (Wildman–Crippen MR) is 87.4 cm³/mol. The molecular weight excluding hydrogens is 314 g/mol. The maximum atomic E-state index is 11.9. The lowest BCUT2D eigenvalue weighted by atomic mass is 9.86. The molecule has 0 heterocycles. The Balaban J connectivity index is 1.89. The second-order valence-corrected chi connectivity index (χ2v) is 6.04. The summed E-state index contributed by atoms with van der Waals surface area (Å²) in [6.07, 6.45) is 4.23. The van der Waals surface area contributed by atoms with Crippen LogP contribution in [-0.2, 0) is 9.53 Å². The highest BCUT2D eigenvalue weighted by Gasteiger charge is 2.23. The molecule has 1 saturated carbocycles.